The molecule has 3 rings (SSSR count). The van der Waals surface area contributed by atoms with Crippen LogP contribution in [0, 0.1) is 24.1 Å². The average Bonchev–Trinajstić information content (AvgIpc) is 2.57. The van der Waals surface area contributed by atoms with Crippen molar-refractivity contribution >= 4 is 21.7 Å². The van der Waals surface area contributed by atoms with E-state index in [2.05, 4.69) is 27.0 Å². The minimum absolute atomic E-state index is 0.101. The van der Waals surface area contributed by atoms with Crippen LogP contribution in [0.25, 0.3) is 22.3 Å². The molecule has 0 fully saturated rings. The lowest BCUT2D eigenvalue weighted by molar-refractivity contribution is 0.631. The van der Waals surface area contributed by atoms with Gasteiger partial charge in [-0.15, -0.1) is 0 Å². The van der Waals surface area contributed by atoms with Crippen LogP contribution < -0.4 is 5.73 Å². The lowest BCUT2D eigenvalue weighted by Gasteiger charge is -2.17. The summed E-state index contributed by atoms with van der Waals surface area (Å²) >= 11 is 3.36. The Hall–Kier alpha value is -2.71. The molecule has 0 aliphatic heterocycles. The molecule has 0 aliphatic carbocycles. The first-order valence-corrected chi connectivity index (χ1v) is 8.03. The molecule has 0 saturated heterocycles. The summed E-state index contributed by atoms with van der Waals surface area (Å²) < 4.78 is 15.3. The molecule has 1 heterocycles. The van der Waals surface area contributed by atoms with Crippen LogP contribution in [0.2, 0.25) is 0 Å². The summed E-state index contributed by atoms with van der Waals surface area (Å²) in [5.41, 5.74) is 9.10. The zero-order valence-corrected chi connectivity index (χ0v) is 14.4. The lowest BCUT2D eigenvalue weighted by atomic mass is 9.90. The van der Waals surface area contributed by atoms with Gasteiger partial charge in [0.1, 0.15) is 23.3 Å². The first-order valence-electron chi connectivity index (χ1n) is 7.24. The van der Waals surface area contributed by atoms with Crippen molar-refractivity contribution in [2.24, 2.45) is 0 Å². The number of nitrogen functional groups attached to an aromatic ring is 1. The van der Waals surface area contributed by atoms with E-state index in [4.69, 9.17) is 5.73 Å². The number of rotatable bonds is 2. The van der Waals surface area contributed by atoms with Crippen LogP contribution in [0.1, 0.15) is 11.3 Å². The maximum atomic E-state index is 14.5. The zero-order valence-electron chi connectivity index (χ0n) is 12.8. The fraction of sp³-hybridized carbons (Fsp3) is 0.0526. The van der Waals surface area contributed by atoms with Crippen molar-refractivity contribution in [3.8, 4) is 28.3 Å². The molecule has 0 amide bonds. The monoisotopic (exact) mass is 381 g/mol. The van der Waals surface area contributed by atoms with Crippen molar-refractivity contribution in [3.05, 3.63) is 70.1 Å². The third-order valence-electron chi connectivity index (χ3n) is 3.78. The Morgan fingerprint density at radius 2 is 1.83 bits per heavy atom. The maximum absolute atomic E-state index is 14.5. The van der Waals surface area contributed by atoms with Crippen molar-refractivity contribution in [1.82, 2.24) is 4.98 Å². The van der Waals surface area contributed by atoms with E-state index in [-0.39, 0.29) is 11.4 Å². The van der Waals surface area contributed by atoms with E-state index in [1.807, 2.05) is 30.3 Å². The molecule has 0 saturated carbocycles. The number of pyridine rings is 1. The average molecular weight is 382 g/mol. The summed E-state index contributed by atoms with van der Waals surface area (Å²) in [7, 11) is 0. The second kappa shape index (κ2) is 6.42. The largest absolute Gasteiger partial charge is 0.383 e. The molecular formula is C19H13BrFN3. The lowest BCUT2D eigenvalue weighted by Crippen LogP contribution is -2.04. The number of nitriles is 1. The van der Waals surface area contributed by atoms with Gasteiger partial charge in [-0.25, -0.2) is 9.37 Å². The summed E-state index contributed by atoms with van der Waals surface area (Å²) in [6, 6.07) is 16.2. The maximum Gasteiger partial charge on any atom is 0.142 e. The molecule has 1 aromatic heterocycles. The molecule has 2 aromatic carbocycles. The number of aryl methyl sites for hydroxylation is 1. The molecule has 3 aromatic rings. The third-order valence-corrected chi connectivity index (χ3v) is 4.27. The van der Waals surface area contributed by atoms with Crippen molar-refractivity contribution in [3.63, 3.8) is 0 Å². The van der Waals surface area contributed by atoms with Gasteiger partial charge >= 0.3 is 0 Å². The molecule has 0 atom stereocenters. The van der Waals surface area contributed by atoms with Crippen molar-refractivity contribution in [2.45, 2.75) is 6.92 Å². The van der Waals surface area contributed by atoms with Crippen LogP contribution in [-0.4, -0.2) is 4.98 Å². The van der Waals surface area contributed by atoms with Gasteiger partial charge < -0.3 is 5.73 Å². The van der Waals surface area contributed by atoms with Crippen LogP contribution in [-0.2, 0) is 0 Å². The van der Waals surface area contributed by atoms with Gasteiger partial charge in [-0.05, 0) is 30.7 Å². The van der Waals surface area contributed by atoms with Gasteiger partial charge in [-0.2, -0.15) is 5.26 Å². The molecule has 0 bridgehead atoms. The van der Waals surface area contributed by atoms with Crippen molar-refractivity contribution < 1.29 is 4.39 Å². The number of benzene rings is 2. The SMILES string of the molecule is Cc1nc(N)c(C#N)c(-c2cc(Br)ccc2F)c1-c1ccccc1. The molecule has 0 spiro atoms. The number of hydrogen-bond donors (Lipinski definition) is 1. The summed E-state index contributed by atoms with van der Waals surface area (Å²) in [6.07, 6.45) is 0. The highest BCUT2D eigenvalue weighted by Crippen LogP contribution is 2.40. The van der Waals surface area contributed by atoms with Crippen molar-refractivity contribution in [2.75, 3.05) is 5.73 Å². The highest BCUT2D eigenvalue weighted by atomic mass is 79.9. The molecule has 2 N–H and O–H groups in total. The molecule has 0 radical (unpaired) electrons. The number of halogens is 2. The minimum Gasteiger partial charge on any atom is -0.383 e. The second-order valence-electron chi connectivity index (χ2n) is 5.31. The van der Waals surface area contributed by atoms with E-state index in [1.54, 1.807) is 19.1 Å². The quantitative estimate of drug-likeness (QED) is 0.672. The van der Waals surface area contributed by atoms with Crippen molar-refractivity contribution in [1.29, 1.82) is 5.26 Å². The molecule has 0 aliphatic rings. The molecule has 3 nitrogen and oxygen atoms in total. The smallest absolute Gasteiger partial charge is 0.142 e. The number of aromatic nitrogens is 1. The fourth-order valence-electron chi connectivity index (χ4n) is 2.76. The Bertz CT molecular complexity index is 963. The number of nitrogens with two attached hydrogens (primary N) is 1. The fourth-order valence-corrected chi connectivity index (χ4v) is 3.12. The first kappa shape index (κ1) is 16.2. The van der Waals surface area contributed by atoms with Crippen LogP contribution in [0.3, 0.4) is 0 Å². The van der Waals surface area contributed by atoms with Crippen LogP contribution in [0.15, 0.2) is 53.0 Å². The van der Waals surface area contributed by atoms with E-state index < -0.39 is 5.82 Å². The molecule has 118 valence electrons. The minimum atomic E-state index is -0.420. The topological polar surface area (TPSA) is 62.7 Å². The van der Waals surface area contributed by atoms with E-state index >= 15 is 0 Å². The highest BCUT2D eigenvalue weighted by molar-refractivity contribution is 9.10. The van der Waals surface area contributed by atoms with E-state index in [1.165, 1.54) is 6.07 Å². The van der Waals surface area contributed by atoms with E-state index in [0.717, 1.165) is 10.0 Å². The predicted molar refractivity (Wildman–Crippen MR) is 96.6 cm³/mol. The Balaban J connectivity index is 2.47. The van der Waals surface area contributed by atoms with Gasteiger partial charge in [0.05, 0.1) is 0 Å². The normalized spacial score (nSPS) is 10.4. The van der Waals surface area contributed by atoms with Gasteiger partial charge in [0.25, 0.3) is 0 Å². The van der Waals surface area contributed by atoms with Gasteiger partial charge in [0, 0.05) is 26.9 Å². The number of hydrogen-bond acceptors (Lipinski definition) is 3. The second-order valence-corrected chi connectivity index (χ2v) is 6.23. The number of anilines is 1. The Morgan fingerprint density at radius 1 is 1.12 bits per heavy atom. The standard InChI is InChI=1S/C19H13BrFN3/c1-11-17(12-5-3-2-4-6-12)18(15(10-22)19(23)24-11)14-9-13(20)7-8-16(14)21/h2-9H,1H3,(H2,23,24). The van der Waals surface area contributed by atoms with E-state index in [0.29, 0.717) is 22.4 Å². The summed E-state index contributed by atoms with van der Waals surface area (Å²) in [6.45, 7) is 1.80. The van der Waals surface area contributed by atoms with Gasteiger partial charge in [-0.3, -0.25) is 0 Å². The summed E-state index contributed by atoms with van der Waals surface area (Å²) in [5, 5.41) is 9.58. The highest BCUT2D eigenvalue weighted by Gasteiger charge is 2.21. The zero-order chi connectivity index (χ0) is 17.3. The number of nitrogens with zero attached hydrogens (tertiary/aromatic N) is 2. The van der Waals surface area contributed by atoms with Crippen LogP contribution in [0.4, 0.5) is 10.2 Å². The predicted octanol–water partition coefficient (Wildman–Crippen LogP) is 5.08. The summed E-state index contributed by atoms with van der Waals surface area (Å²) in [4.78, 5) is 4.28. The first-order chi connectivity index (χ1) is 11.5. The third kappa shape index (κ3) is 2.77. The Morgan fingerprint density at radius 3 is 2.50 bits per heavy atom. The Labute approximate surface area is 147 Å². The molecule has 24 heavy (non-hydrogen) atoms. The van der Waals surface area contributed by atoms with Crippen LogP contribution >= 0.6 is 15.9 Å². The summed E-state index contributed by atoms with van der Waals surface area (Å²) in [5.74, 6) is -0.319. The Kier molecular flexibility index (Phi) is 4.32. The van der Waals surface area contributed by atoms with Gasteiger partial charge in [0.2, 0.25) is 0 Å². The van der Waals surface area contributed by atoms with Gasteiger partial charge in [0.15, 0.2) is 0 Å². The van der Waals surface area contributed by atoms with Gasteiger partial charge in [-0.1, -0.05) is 46.3 Å². The van der Waals surface area contributed by atoms with Crippen LogP contribution in [0.5, 0.6) is 0 Å². The molecule has 0 unspecified atom stereocenters. The molecule has 5 heteroatoms. The van der Waals surface area contributed by atoms with E-state index in [9.17, 15) is 9.65 Å². The molecular weight excluding hydrogens is 369 g/mol.